The van der Waals surface area contributed by atoms with Crippen molar-refractivity contribution >= 4 is 21.5 Å². The predicted molar refractivity (Wildman–Crippen MR) is 80.8 cm³/mol. The zero-order chi connectivity index (χ0) is 14.6. The lowest BCUT2D eigenvalue weighted by Crippen LogP contribution is -2.17. The Morgan fingerprint density at radius 1 is 1.35 bits per heavy atom. The molecule has 7 heteroatoms. The van der Waals surface area contributed by atoms with Crippen molar-refractivity contribution in [2.24, 2.45) is 5.92 Å². The van der Waals surface area contributed by atoms with Gasteiger partial charge >= 0.3 is 0 Å². The topological polar surface area (TPSA) is 84.0 Å². The van der Waals surface area contributed by atoms with Crippen LogP contribution in [0.2, 0.25) is 0 Å². The van der Waals surface area contributed by atoms with E-state index in [1.54, 1.807) is 0 Å². The van der Waals surface area contributed by atoms with Crippen LogP contribution in [0, 0.1) is 5.92 Å². The van der Waals surface area contributed by atoms with Gasteiger partial charge in [0.2, 0.25) is 0 Å². The summed E-state index contributed by atoms with van der Waals surface area (Å²) in [5.74, 6) is 3.13. The molecule has 1 aliphatic heterocycles. The highest BCUT2D eigenvalue weighted by molar-refractivity contribution is 7.91. The number of anilines is 2. The molecule has 0 amide bonds. The standard InChI is InChI=1S/C13H22N4O2S/c1-3-4-11-16-12(14-2)7-13(17-11)15-8-10-5-6-20(18,19)9-10/h7,10H,3-6,8-9H2,1-2H3,(H2,14,15,16,17). The molecule has 0 radical (unpaired) electrons. The minimum atomic E-state index is -2.81. The maximum atomic E-state index is 11.4. The van der Waals surface area contributed by atoms with E-state index in [0.29, 0.717) is 12.3 Å². The molecule has 1 fully saturated rings. The lowest BCUT2D eigenvalue weighted by molar-refractivity contribution is 0.595. The number of hydrogen-bond acceptors (Lipinski definition) is 6. The van der Waals surface area contributed by atoms with Gasteiger partial charge in [0, 0.05) is 26.1 Å². The fourth-order valence-electron chi connectivity index (χ4n) is 2.33. The van der Waals surface area contributed by atoms with Crippen LogP contribution in [0.1, 0.15) is 25.6 Å². The van der Waals surface area contributed by atoms with Crippen LogP contribution < -0.4 is 10.6 Å². The van der Waals surface area contributed by atoms with E-state index in [1.807, 2.05) is 13.1 Å². The zero-order valence-electron chi connectivity index (χ0n) is 12.0. The van der Waals surface area contributed by atoms with Gasteiger partial charge in [0.25, 0.3) is 0 Å². The van der Waals surface area contributed by atoms with Crippen LogP contribution in [0.4, 0.5) is 11.6 Å². The summed E-state index contributed by atoms with van der Waals surface area (Å²) in [6, 6.07) is 1.85. The second-order valence-electron chi connectivity index (χ2n) is 5.20. The highest BCUT2D eigenvalue weighted by Gasteiger charge is 2.27. The van der Waals surface area contributed by atoms with Crippen LogP contribution in [0.25, 0.3) is 0 Å². The van der Waals surface area contributed by atoms with E-state index in [1.165, 1.54) is 0 Å². The van der Waals surface area contributed by atoms with Crippen molar-refractivity contribution in [1.82, 2.24) is 9.97 Å². The van der Waals surface area contributed by atoms with Gasteiger partial charge in [-0.3, -0.25) is 0 Å². The van der Waals surface area contributed by atoms with E-state index in [9.17, 15) is 8.42 Å². The van der Waals surface area contributed by atoms with Crippen LogP contribution in [0.15, 0.2) is 6.07 Å². The molecule has 1 unspecified atom stereocenters. The summed E-state index contributed by atoms with van der Waals surface area (Å²) in [7, 11) is -0.990. The quantitative estimate of drug-likeness (QED) is 0.824. The summed E-state index contributed by atoms with van der Waals surface area (Å²) in [4.78, 5) is 8.84. The fourth-order valence-corrected chi connectivity index (χ4v) is 4.19. The van der Waals surface area contributed by atoms with E-state index in [-0.39, 0.29) is 11.7 Å². The summed E-state index contributed by atoms with van der Waals surface area (Å²) in [5, 5.41) is 6.26. The van der Waals surface area contributed by atoms with Crippen molar-refractivity contribution in [2.45, 2.75) is 26.2 Å². The van der Waals surface area contributed by atoms with E-state index in [2.05, 4.69) is 27.5 Å². The third kappa shape index (κ3) is 4.06. The molecular formula is C13H22N4O2S. The van der Waals surface area contributed by atoms with Gasteiger partial charge in [0.1, 0.15) is 17.5 Å². The van der Waals surface area contributed by atoms with Crippen molar-refractivity contribution in [2.75, 3.05) is 35.7 Å². The van der Waals surface area contributed by atoms with Crippen LogP contribution in [-0.2, 0) is 16.3 Å². The zero-order valence-corrected chi connectivity index (χ0v) is 12.8. The number of rotatable bonds is 6. The summed E-state index contributed by atoms with van der Waals surface area (Å²) >= 11 is 0. The second kappa shape index (κ2) is 6.39. The minimum Gasteiger partial charge on any atom is -0.373 e. The Labute approximate surface area is 120 Å². The monoisotopic (exact) mass is 298 g/mol. The molecule has 1 aromatic heterocycles. The largest absolute Gasteiger partial charge is 0.373 e. The van der Waals surface area contributed by atoms with Crippen molar-refractivity contribution in [3.05, 3.63) is 11.9 Å². The predicted octanol–water partition coefficient (Wildman–Crippen LogP) is 1.32. The lowest BCUT2D eigenvalue weighted by Gasteiger charge is -2.12. The van der Waals surface area contributed by atoms with Gasteiger partial charge in [-0.25, -0.2) is 18.4 Å². The Morgan fingerprint density at radius 3 is 2.70 bits per heavy atom. The average Bonchev–Trinajstić information content (AvgIpc) is 2.76. The molecule has 2 rings (SSSR count). The third-order valence-electron chi connectivity index (χ3n) is 3.40. The highest BCUT2D eigenvalue weighted by Crippen LogP contribution is 2.19. The molecule has 1 aliphatic rings. The molecule has 112 valence electrons. The first-order chi connectivity index (χ1) is 9.52. The molecule has 2 N–H and O–H groups in total. The minimum absolute atomic E-state index is 0.183. The Morgan fingerprint density at radius 2 is 2.10 bits per heavy atom. The highest BCUT2D eigenvalue weighted by atomic mass is 32.2. The van der Waals surface area contributed by atoms with E-state index in [4.69, 9.17) is 0 Å². The molecule has 20 heavy (non-hydrogen) atoms. The Balaban J connectivity index is 2.00. The van der Waals surface area contributed by atoms with Gasteiger partial charge in [-0.1, -0.05) is 6.92 Å². The van der Waals surface area contributed by atoms with Crippen LogP contribution >= 0.6 is 0 Å². The number of nitrogens with zero attached hydrogens (tertiary/aromatic N) is 2. The fraction of sp³-hybridized carbons (Fsp3) is 0.692. The van der Waals surface area contributed by atoms with Gasteiger partial charge in [-0.15, -0.1) is 0 Å². The number of hydrogen-bond donors (Lipinski definition) is 2. The maximum absolute atomic E-state index is 11.4. The molecule has 0 saturated carbocycles. The summed E-state index contributed by atoms with van der Waals surface area (Å²) in [6.45, 7) is 2.73. The van der Waals surface area contributed by atoms with Crippen LogP contribution in [0.3, 0.4) is 0 Å². The van der Waals surface area contributed by atoms with E-state index in [0.717, 1.165) is 36.7 Å². The molecule has 1 aromatic rings. The first kappa shape index (κ1) is 15.0. The normalized spacial score (nSPS) is 20.8. The lowest BCUT2D eigenvalue weighted by atomic mass is 10.1. The van der Waals surface area contributed by atoms with Gasteiger partial charge in [-0.05, 0) is 18.8 Å². The average molecular weight is 298 g/mol. The molecule has 0 spiro atoms. The summed E-state index contributed by atoms with van der Waals surface area (Å²) in [6.07, 6.45) is 2.57. The van der Waals surface area contributed by atoms with Crippen LogP contribution in [-0.4, -0.2) is 43.5 Å². The molecule has 6 nitrogen and oxygen atoms in total. The molecule has 2 heterocycles. The second-order valence-corrected chi connectivity index (χ2v) is 7.43. The van der Waals surface area contributed by atoms with Crippen molar-refractivity contribution in [1.29, 1.82) is 0 Å². The van der Waals surface area contributed by atoms with Crippen molar-refractivity contribution in [3.63, 3.8) is 0 Å². The Hall–Kier alpha value is -1.37. The number of aryl methyl sites for hydroxylation is 1. The Kier molecular flexibility index (Phi) is 4.80. The summed E-state index contributed by atoms with van der Waals surface area (Å²) in [5.41, 5.74) is 0. The van der Waals surface area contributed by atoms with Crippen molar-refractivity contribution < 1.29 is 8.42 Å². The third-order valence-corrected chi connectivity index (χ3v) is 5.24. The first-order valence-electron chi connectivity index (χ1n) is 7.02. The SMILES string of the molecule is CCCc1nc(NC)cc(NCC2CCS(=O)(=O)C2)n1. The number of nitrogens with one attached hydrogen (secondary N) is 2. The van der Waals surface area contributed by atoms with Gasteiger partial charge < -0.3 is 10.6 Å². The Bertz CT molecular complexity index is 559. The molecule has 1 saturated heterocycles. The molecule has 0 aliphatic carbocycles. The van der Waals surface area contributed by atoms with Gasteiger partial charge in [0.05, 0.1) is 11.5 Å². The maximum Gasteiger partial charge on any atom is 0.150 e. The van der Waals surface area contributed by atoms with Gasteiger partial charge in [-0.2, -0.15) is 0 Å². The van der Waals surface area contributed by atoms with E-state index < -0.39 is 9.84 Å². The smallest absolute Gasteiger partial charge is 0.150 e. The molecular weight excluding hydrogens is 276 g/mol. The van der Waals surface area contributed by atoms with E-state index >= 15 is 0 Å². The van der Waals surface area contributed by atoms with Crippen LogP contribution in [0.5, 0.6) is 0 Å². The van der Waals surface area contributed by atoms with Crippen molar-refractivity contribution in [3.8, 4) is 0 Å². The molecule has 1 atom stereocenters. The first-order valence-corrected chi connectivity index (χ1v) is 8.84. The summed E-state index contributed by atoms with van der Waals surface area (Å²) < 4.78 is 22.9. The van der Waals surface area contributed by atoms with Gasteiger partial charge in [0.15, 0.2) is 9.84 Å². The molecule has 0 bridgehead atoms. The number of aromatic nitrogens is 2. The number of sulfone groups is 1. The molecule has 0 aromatic carbocycles.